The Balaban J connectivity index is 0.00000218. The molecular weight excluding hydrogens is 485 g/mol. The summed E-state index contributed by atoms with van der Waals surface area (Å²) < 4.78 is 7.95. The van der Waals surface area contributed by atoms with Gasteiger partial charge >= 0.3 is 0 Å². The Hall–Kier alpha value is -1.82. The summed E-state index contributed by atoms with van der Waals surface area (Å²) in [5, 5.41) is 10.7. The van der Waals surface area contributed by atoms with Gasteiger partial charge in [0.15, 0.2) is 12.4 Å². The summed E-state index contributed by atoms with van der Waals surface area (Å²) in [4.78, 5) is 0. The van der Waals surface area contributed by atoms with E-state index in [0.29, 0.717) is 17.6 Å². The van der Waals surface area contributed by atoms with Gasteiger partial charge < -0.3 is 33.8 Å². The molecule has 2 aromatic rings. The third-order valence-corrected chi connectivity index (χ3v) is 7.24. The second kappa shape index (κ2) is 8.74. The quantitative estimate of drug-likeness (QED) is 0.385. The van der Waals surface area contributed by atoms with Crippen molar-refractivity contribution in [1.82, 2.24) is 0 Å². The lowest BCUT2D eigenvalue weighted by Gasteiger charge is -2.51. The first kappa shape index (κ1) is 21.4. The standard InChI is InChI=1S/C26H29NO2.HI/c1-27-9-7-17(8-10-27)3-4-20-5-6-21(16-24(20)28)26(29-2)25-22-12-18-11-19(14-22)15-23(25)13-18;/h3-10,16,18-19,22-23H,11-15H2,1-2H3;1H. The third kappa shape index (κ3) is 4.03. The van der Waals surface area contributed by atoms with Crippen molar-refractivity contribution in [2.45, 2.75) is 32.1 Å². The summed E-state index contributed by atoms with van der Waals surface area (Å²) in [6.07, 6.45) is 14.8. The van der Waals surface area contributed by atoms with Crippen molar-refractivity contribution < 1.29 is 38.4 Å². The summed E-state index contributed by atoms with van der Waals surface area (Å²) in [6, 6.07) is 10.1. The zero-order valence-electron chi connectivity index (χ0n) is 17.7. The van der Waals surface area contributed by atoms with Crippen LogP contribution in [0, 0.1) is 23.7 Å². The molecule has 30 heavy (non-hydrogen) atoms. The molecule has 0 amide bonds. The number of aromatic nitrogens is 1. The van der Waals surface area contributed by atoms with Crippen molar-refractivity contribution in [3.8, 4) is 5.75 Å². The highest BCUT2D eigenvalue weighted by Crippen LogP contribution is 2.58. The number of aromatic hydroxyl groups is 1. The van der Waals surface area contributed by atoms with Crippen molar-refractivity contribution in [2.24, 2.45) is 30.7 Å². The Labute approximate surface area is 196 Å². The molecule has 4 heteroatoms. The van der Waals surface area contributed by atoms with Crippen LogP contribution in [0.4, 0.5) is 0 Å². The van der Waals surface area contributed by atoms with Gasteiger partial charge in [-0.1, -0.05) is 24.3 Å². The van der Waals surface area contributed by atoms with Gasteiger partial charge in [-0.2, -0.15) is 0 Å². The Morgan fingerprint density at radius 2 is 1.60 bits per heavy atom. The number of ether oxygens (including phenoxy) is 1. The fourth-order valence-electron chi connectivity index (χ4n) is 6.10. The van der Waals surface area contributed by atoms with Crippen LogP contribution in [-0.2, 0) is 11.8 Å². The van der Waals surface area contributed by atoms with Gasteiger partial charge in [0.1, 0.15) is 18.6 Å². The largest absolute Gasteiger partial charge is 1.00 e. The van der Waals surface area contributed by atoms with Gasteiger partial charge in [-0.05, 0) is 73.0 Å². The highest BCUT2D eigenvalue weighted by molar-refractivity contribution is 5.75. The van der Waals surface area contributed by atoms with Gasteiger partial charge in [-0.3, -0.25) is 0 Å². The number of allylic oxidation sites excluding steroid dienone is 1. The van der Waals surface area contributed by atoms with Gasteiger partial charge in [0.2, 0.25) is 0 Å². The molecule has 1 heterocycles. The summed E-state index contributed by atoms with van der Waals surface area (Å²) in [6.45, 7) is 0. The molecule has 4 bridgehead atoms. The number of halogens is 1. The van der Waals surface area contributed by atoms with E-state index < -0.39 is 0 Å². The maximum absolute atomic E-state index is 10.7. The topological polar surface area (TPSA) is 33.3 Å². The second-order valence-electron chi connectivity index (χ2n) is 9.20. The lowest BCUT2D eigenvalue weighted by Crippen LogP contribution is -3.00. The van der Waals surface area contributed by atoms with Crippen molar-refractivity contribution in [2.75, 3.05) is 7.11 Å². The van der Waals surface area contributed by atoms with E-state index in [-0.39, 0.29) is 24.0 Å². The van der Waals surface area contributed by atoms with Crippen LogP contribution in [0.1, 0.15) is 48.8 Å². The molecule has 4 aliphatic carbocycles. The minimum absolute atomic E-state index is 0. The van der Waals surface area contributed by atoms with Gasteiger partial charge in [-0.15, -0.1) is 0 Å². The Kier molecular flexibility index (Phi) is 6.24. The SMILES string of the molecule is COC(=C1C2CC3CC(C2)CC1C3)c1ccc(/C=C/c2cc[n+](C)cc2)c(O)c1.[I-]. The molecule has 1 N–H and O–H groups in total. The minimum atomic E-state index is 0. The highest BCUT2D eigenvalue weighted by Gasteiger charge is 2.46. The normalized spacial score (nSPS) is 26.7. The zero-order valence-corrected chi connectivity index (χ0v) is 19.9. The summed E-state index contributed by atoms with van der Waals surface area (Å²) in [5.74, 6) is 4.55. The summed E-state index contributed by atoms with van der Waals surface area (Å²) >= 11 is 0. The van der Waals surface area contributed by atoms with Crippen LogP contribution in [0.3, 0.4) is 0 Å². The van der Waals surface area contributed by atoms with E-state index in [1.165, 1.54) is 37.7 Å². The zero-order chi connectivity index (χ0) is 20.0. The summed E-state index contributed by atoms with van der Waals surface area (Å²) in [7, 11) is 3.79. The van der Waals surface area contributed by atoms with Gasteiger partial charge in [0, 0.05) is 23.3 Å². The average Bonchev–Trinajstić information content (AvgIpc) is 2.70. The molecule has 0 unspecified atom stereocenters. The molecule has 4 saturated carbocycles. The first-order valence-corrected chi connectivity index (χ1v) is 10.9. The van der Waals surface area contributed by atoms with Gasteiger partial charge in [0.05, 0.1) is 7.11 Å². The molecular formula is C26H30INO2. The molecule has 4 aliphatic rings. The van der Waals surface area contributed by atoms with Crippen LogP contribution in [0.2, 0.25) is 0 Å². The average molecular weight is 515 g/mol. The van der Waals surface area contributed by atoms with E-state index in [2.05, 4.69) is 18.2 Å². The van der Waals surface area contributed by atoms with Crippen molar-refractivity contribution in [3.05, 3.63) is 65.0 Å². The maximum atomic E-state index is 10.7. The molecule has 0 radical (unpaired) electrons. The molecule has 158 valence electrons. The van der Waals surface area contributed by atoms with Crippen molar-refractivity contribution >= 4 is 17.9 Å². The first-order chi connectivity index (χ1) is 14.1. The predicted octanol–water partition coefficient (Wildman–Crippen LogP) is 2.20. The molecule has 0 spiro atoms. The molecule has 1 aromatic carbocycles. The van der Waals surface area contributed by atoms with Crippen LogP contribution < -0.4 is 28.5 Å². The number of hydrogen-bond acceptors (Lipinski definition) is 2. The highest BCUT2D eigenvalue weighted by atomic mass is 127. The van der Waals surface area contributed by atoms with E-state index in [1.54, 1.807) is 7.11 Å². The molecule has 6 rings (SSSR count). The van der Waals surface area contributed by atoms with Crippen LogP contribution in [-0.4, -0.2) is 12.2 Å². The smallest absolute Gasteiger partial charge is 0.169 e. The van der Waals surface area contributed by atoms with Gasteiger partial charge in [-0.25, -0.2) is 4.57 Å². The number of methoxy groups -OCH3 is 1. The lowest BCUT2D eigenvalue weighted by atomic mass is 9.54. The monoisotopic (exact) mass is 515 g/mol. The number of phenolic OH excluding ortho intramolecular Hbond substituents is 1. The van der Waals surface area contributed by atoms with E-state index >= 15 is 0 Å². The number of nitrogens with zero attached hydrogens (tertiary/aromatic N) is 1. The molecule has 1 aromatic heterocycles. The molecule has 0 saturated heterocycles. The lowest BCUT2D eigenvalue weighted by molar-refractivity contribution is -0.671. The minimum Gasteiger partial charge on any atom is -1.00 e. The molecule has 0 atom stereocenters. The van der Waals surface area contributed by atoms with Crippen molar-refractivity contribution in [3.63, 3.8) is 0 Å². The van der Waals surface area contributed by atoms with Crippen LogP contribution in [0.5, 0.6) is 5.75 Å². The van der Waals surface area contributed by atoms with E-state index in [9.17, 15) is 5.11 Å². The number of aryl methyl sites for hydroxylation is 1. The number of benzene rings is 1. The molecule has 3 nitrogen and oxygen atoms in total. The first-order valence-electron chi connectivity index (χ1n) is 10.9. The number of hydrogen-bond donors (Lipinski definition) is 1. The van der Waals surface area contributed by atoms with Crippen LogP contribution >= 0.6 is 0 Å². The van der Waals surface area contributed by atoms with E-state index in [1.807, 2.05) is 48.3 Å². The number of rotatable bonds is 4. The van der Waals surface area contributed by atoms with E-state index in [4.69, 9.17) is 4.74 Å². The van der Waals surface area contributed by atoms with Crippen LogP contribution in [0.25, 0.3) is 17.9 Å². The Morgan fingerprint density at radius 3 is 2.17 bits per heavy atom. The van der Waals surface area contributed by atoms with Crippen molar-refractivity contribution in [1.29, 1.82) is 0 Å². The third-order valence-electron chi connectivity index (χ3n) is 7.24. The fraction of sp³-hybridized carbons (Fsp3) is 0.423. The van der Waals surface area contributed by atoms with Crippen LogP contribution in [0.15, 0.2) is 48.3 Å². The second-order valence-corrected chi connectivity index (χ2v) is 9.20. The fourth-order valence-corrected chi connectivity index (χ4v) is 6.10. The molecule has 0 aliphatic heterocycles. The predicted molar refractivity (Wildman–Crippen MR) is 116 cm³/mol. The molecule has 4 fully saturated rings. The van der Waals surface area contributed by atoms with E-state index in [0.717, 1.165) is 34.3 Å². The number of pyridine rings is 1. The number of phenols is 1. The maximum Gasteiger partial charge on any atom is 0.169 e. The Bertz CT molecular complexity index is 947. The summed E-state index contributed by atoms with van der Waals surface area (Å²) in [5.41, 5.74) is 4.48. The Morgan fingerprint density at radius 1 is 0.967 bits per heavy atom. The van der Waals surface area contributed by atoms with Gasteiger partial charge in [0.25, 0.3) is 0 Å².